The molecule has 0 fully saturated rings. The van der Waals surface area contributed by atoms with Crippen LogP contribution < -0.4 is 4.74 Å². The molecule has 0 aliphatic heterocycles. The molecule has 0 atom stereocenters. The average molecular weight is 229 g/mol. The zero-order chi connectivity index (χ0) is 12.3. The smallest absolute Gasteiger partial charge is 0.217 e. The van der Waals surface area contributed by atoms with E-state index in [0.717, 1.165) is 4.74 Å². The highest BCUT2D eigenvalue weighted by Gasteiger charge is 2.10. The Morgan fingerprint density at radius 1 is 1.06 bits per heavy atom. The van der Waals surface area contributed by atoms with E-state index in [0.29, 0.717) is 17.1 Å². The number of hydrogen-bond donors (Lipinski definition) is 0. The van der Waals surface area contributed by atoms with Gasteiger partial charge in [-0.1, -0.05) is 0 Å². The normalized spacial score (nSPS) is 13.9. The van der Waals surface area contributed by atoms with Gasteiger partial charge < -0.3 is 9.94 Å². The molecule has 1 aromatic carbocycles. The lowest BCUT2D eigenvalue weighted by Crippen LogP contribution is -2.10. The van der Waals surface area contributed by atoms with E-state index < -0.39 is 0 Å². The molecule has 1 aliphatic carbocycles. The molecule has 1 aliphatic rings. The predicted molar refractivity (Wildman–Crippen MR) is 64.6 cm³/mol. The van der Waals surface area contributed by atoms with E-state index >= 15 is 0 Å². The summed E-state index contributed by atoms with van der Waals surface area (Å²) >= 11 is 0. The van der Waals surface area contributed by atoms with Gasteiger partial charge in [0.1, 0.15) is 5.75 Å². The van der Waals surface area contributed by atoms with E-state index in [1.54, 1.807) is 31.4 Å². The maximum Gasteiger partial charge on any atom is 0.217 e. The Bertz CT molecular complexity index is 506. The molecule has 0 spiro atoms. The van der Waals surface area contributed by atoms with Gasteiger partial charge in [-0.2, -0.15) is 4.74 Å². The molecule has 0 heterocycles. The fourth-order valence-electron chi connectivity index (χ4n) is 1.45. The van der Waals surface area contributed by atoms with E-state index in [4.69, 9.17) is 4.74 Å². The predicted octanol–water partition coefficient (Wildman–Crippen LogP) is 1.97. The van der Waals surface area contributed by atoms with Crippen LogP contribution in [0.4, 0.5) is 5.69 Å². The Hall–Kier alpha value is -2.36. The number of benzene rings is 1. The van der Waals surface area contributed by atoms with Crippen molar-refractivity contribution < 1.29 is 14.3 Å². The van der Waals surface area contributed by atoms with Crippen molar-refractivity contribution >= 4 is 17.2 Å². The maximum absolute atomic E-state index is 11.9. The van der Waals surface area contributed by atoms with Crippen molar-refractivity contribution in [3.05, 3.63) is 53.8 Å². The molecular weight excluding hydrogens is 218 g/mol. The van der Waals surface area contributed by atoms with Gasteiger partial charge in [-0.05, 0) is 24.3 Å². The third-order valence-electron chi connectivity index (χ3n) is 2.38. The van der Waals surface area contributed by atoms with E-state index in [2.05, 4.69) is 0 Å². The summed E-state index contributed by atoms with van der Waals surface area (Å²) in [5.74, 6) is 0.578. The van der Waals surface area contributed by atoms with Crippen LogP contribution >= 0.6 is 0 Å². The quantitative estimate of drug-likeness (QED) is 0.337. The first-order valence-electron chi connectivity index (χ1n) is 5.09. The number of allylic oxidation sites excluding steroid dienone is 4. The van der Waals surface area contributed by atoms with Crippen LogP contribution in [0.25, 0.3) is 0 Å². The average Bonchev–Trinajstić information content (AvgIpc) is 2.39. The molecule has 0 N–H and O–H groups in total. The van der Waals surface area contributed by atoms with Gasteiger partial charge in [0.25, 0.3) is 0 Å². The number of methoxy groups -OCH3 is 1. The molecule has 4 nitrogen and oxygen atoms in total. The van der Waals surface area contributed by atoms with Crippen LogP contribution in [-0.4, -0.2) is 23.3 Å². The monoisotopic (exact) mass is 229 g/mol. The second-order valence-corrected chi connectivity index (χ2v) is 3.49. The highest BCUT2D eigenvalue weighted by Crippen LogP contribution is 2.18. The van der Waals surface area contributed by atoms with Crippen LogP contribution in [0, 0.1) is 5.21 Å². The van der Waals surface area contributed by atoms with Crippen molar-refractivity contribution in [2.45, 2.75) is 0 Å². The molecule has 4 heteroatoms. The van der Waals surface area contributed by atoms with Crippen LogP contribution in [0.15, 0.2) is 48.6 Å². The molecule has 0 amide bonds. The Kier molecular flexibility index (Phi) is 3.05. The Morgan fingerprint density at radius 3 is 2.18 bits per heavy atom. The zero-order valence-corrected chi connectivity index (χ0v) is 9.29. The Balaban J connectivity index is 2.33. The lowest BCUT2D eigenvalue weighted by Gasteiger charge is -2.07. The molecule has 0 aromatic heterocycles. The van der Waals surface area contributed by atoms with Crippen LogP contribution in [0.5, 0.6) is 5.75 Å². The summed E-state index contributed by atoms with van der Waals surface area (Å²) in [5, 5.41) is 11.9. The third-order valence-corrected chi connectivity index (χ3v) is 2.38. The number of nitrogens with zero attached hydrogens (tertiary/aromatic N) is 1. The topological polar surface area (TPSA) is 52.4 Å². The molecule has 86 valence electrons. The molecular formula is C13H11NO3. The summed E-state index contributed by atoms with van der Waals surface area (Å²) in [7, 11) is 1.57. The van der Waals surface area contributed by atoms with E-state index in [-0.39, 0.29) is 5.78 Å². The SMILES string of the molecule is COc1ccc([N+]([O-])=C2C=CC(=O)C=C2)cc1. The van der Waals surface area contributed by atoms with Gasteiger partial charge in [-0.15, -0.1) is 0 Å². The molecule has 0 radical (unpaired) electrons. The van der Waals surface area contributed by atoms with Crippen molar-refractivity contribution in [1.82, 2.24) is 0 Å². The molecule has 0 unspecified atom stereocenters. The number of hydrogen-bond acceptors (Lipinski definition) is 3. The maximum atomic E-state index is 11.9. The molecule has 0 bridgehead atoms. The van der Waals surface area contributed by atoms with Gasteiger partial charge in [0.05, 0.1) is 7.11 Å². The van der Waals surface area contributed by atoms with Gasteiger partial charge in [0.15, 0.2) is 5.78 Å². The molecule has 0 saturated carbocycles. The Labute approximate surface area is 98.7 Å². The van der Waals surface area contributed by atoms with Crippen LogP contribution in [0.3, 0.4) is 0 Å². The van der Waals surface area contributed by atoms with Crippen LogP contribution in [0.2, 0.25) is 0 Å². The largest absolute Gasteiger partial charge is 0.618 e. The van der Waals surface area contributed by atoms with E-state index in [1.165, 1.54) is 24.3 Å². The summed E-state index contributed by atoms with van der Waals surface area (Å²) in [4.78, 5) is 10.9. The second kappa shape index (κ2) is 4.65. The summed E-state index contributed by atoms with van der Waals surface area (Å²) in [6.45, 7) is 0. The van der Waals surface area contributed by atoms with Gasteiger partial charge in [-0.3, -0.25) is 4.79 Å². The molecule has 0 saturated heterocycles. The number of ketones is 1. The molecule has 17 heavy (non-hydrogen) atoms. The summed E-state index contributed by atoms with van der Waals surface area (Å²) < 4.78 is 5.77. The molecule has 1 aromatic rings. The van der Waals surface area contributed by atoms with Gasteiger partial charge >= 0.3 is 0 Å². The summed E-state index contributed by atoms with van der Waals surface area (Å²) in [5.41, 5.74) is 0.916. The standard InChI is InChI=1S/C13H11NO3/c1-17-13-8-4-11(5-9-13)14(16)10-2-6-12(15)7-3-10/h2-9H,1H3. The first kappa shape index (κ1) is 11.1. The highest BCUT2D eigenvalue weighted by molar-refractivity contribution is 6.14. The van der Waals surface area contributed by atoms with Crippen LogP contribution in [0.1, 0.15) is 0 Å². The Morgan fingerprint density at radius 2 is 1.65 bits per heavy atom. The van der Waals surface area contributed by atoms with Crippen molar-refractivity contribution in [3.8, 4) is 5.75 Å². The minimum absolute atomic E-state index is 0.114. The summed E-state index contributed by atoms with van der Waals surface area (Å²) in [6, 6.07) is 6.75. The zero-order valence-electron chi connectivity index (χ0n) is 9.29. The lowest BCUT2D eigenvalue weighted by molar-refractivity contribution is -0.358. The lowest BCUT2D eigenvalue weighted by atomic mass is 10.1. The van der Waals surface area contributed by atoms with Crippen molar-refractivity contribution in [2.75, 3.05) is 7.11 Å². The van der Waals surface area contributed by atoms with Crippen molar-refractivity contribution in [3.63, 3.8) is 0 Å². The number of carbonyl (C=O) groups is 1. The summed E-state index contributed by atoms with van der Waals surface area (Å²) in [6.07, 6.45) is 5.73. The van der Waals surface area contributed by atoms with Crippen molar-refractivity contribution in [1.29, 1.82) is 0 Å². The number of carbonyl (C=O) groups excluding carboxylic acids is 1. The highest BCUT2D eigenvalue weighted by atomic mass is 16.5. The minimum Gasteiger partial charge on any atom is -0.618 e. The second-order valence-electron chi connectivity index (χ2n) is 3.49. The first-order valence-corrected chi connectivity index (χ1v) is 5.09. The fraction of sp³-hybridized carbons (Fsp3) is 0.0769. The van der Waals surface area contributed by atoms with E-state index in [1.807, 2.05) is 0 Å². The minimum atomic E-state index is -0.114. The number of rotatable bonds is 2. The van der Waals surface area contributed by atoms with Crippen LogP contribution in [-0.2, 0) is 4.79 Å². The van der Waals surface area contributed by atoms with E-state index in [9.17, 15) is 10.0 Å². The van der Waals surface area contributed by atoms with Crippen molar-refractivity contribution in [2.24, 2.45) is 0 Å². The van der Waals surface area contributed by atoms with Gasteiger partial charge in [0, 0.05) is 24.3 Å². The third kappa shape index (κ3) is 2.42. The first-order chi connectivity index (χ1) is 8.20. The van der Waals surface area contributed by atoms with Gasteiger partial charge in [-0.25, -0.2) is 0 Å². The number of ether oxygens (including phenoxy) is 1. The fourth-order valence-corrected chi connectivity index (χ4v) is 1.45. The van der Waals surface area contributed by atoms with Gasteiger partial charge in [0.2, 0.25) is 11.4 Å². The molecule has 2 rings (SSSR count).